The van der Waals surface area contributed by atoms with Crippen molar-refractivity contribution in [2.24, 2.45) is 0 Å². The minimum Gasteiger partial charge on any atom is -0.465 e. The van der Waals surface area contributed by atoms with E-state index in [0.717, 1.165) is 11.5 Å². The van der Waals surface area contributed by atoms with Gasteiger partial charge in [0.25, 0.3) is 0 Å². The summed E-state index contributed by atoms with van der Waals surface area (Å²) < 4.78 is 14.0. The van der Waals surface area contributed by atoms with Crippen molar-refractivity contribution in [2.45, 2.75) is 0 Å². The second-order valence-corrected chi connectivity index (χ2v) is 4.39. The van der Waals surface area contributed by atoms with Gasteiger partial charge < -0.3 is 9.15 Å². The summed E-state index contributed by atoms with van der Waals surface area (Å²) in [6.07, 6.45) is 0. The molecule has 0 bridgehead atoms. The number of fused-ring (bicyclic) bond motifs is 3. The van der Waals surface area contributed by atoms with Gasteiger partial charge >= 0.3 is 11.6 Å². The van der Waals surface area contributed by atoms with Crippen LogP contribution in [-0.2, 0) is 4.74 Å². The Morgan fingerprint density at radius 2 is 2.17 bits per heavy atom. The van der Waals surface area contributed by atoms with Crippen LogP contribution in [0, 0.1) is 0 Å². The van der Waals surface area contributed by atoms with E-state index in [4.69, 9.17) is 4.42 Å². The third-order valence-corrected chi connectivity index (χ3v) is 3.44. The van der Waals surface area contributed by atoms with Gasteiger partial charge in [0, 0.05) is 5.39 Å². The second kappa shape index (κ2) is 3.92. The van der Waals surface area contributed by atoms with Gasteiger partial charge in [0.1, 0.15) is 21.4 Å². The molecule has 2 heterocycles. The van der Waals surface area contributed by atoms with E-state index in [1.807, 2.05) is 6.07 Å². The van der Waals surface area contributed by atoms with Crippen LogP contribution in [0.15, 0.2) is 33.5 Å². The van der Waals surface area contributed by atoms with Crippen LogP contribution in [-0.4, -0.2) is 17.5 Å². The van der Waals surface area contributed by atoms with Crippen LogP contribution in [0.2, 0.25) is 0 Å². The molecule has 3 aromatic rings. The second-order valence-electron chi connectivity index (χ2n) is 3.61. The summed E-state index contributed by atoms with van der Waals surface area (Å²) in [6.45, 7) is 0. The molecule has 0 unspecified atom stereocenters. The van der Waals surface area contributed by atoms with Crippen molar-refractivity contribution in [1.82, 2.24) is 4.37 Å². The Morgan fingerprint density at radius 3 is 2.94 bits per heavy atom. The number of hydrogen-bond acceptors (Lipinski definition) is 6. The lowest BCUT2D eigenvalue weighted by molar-refractivity contribution is 0.0608. The molecule has 5 nitrogen and oxygen atoms in total. The monoisotopic (exact) mass is 261 g/mol. The van der Waals surface area contributed by atoms with E-state index in [1.54, 1.807) is 18.2 Å². The molecule has 1 aromatic carbocycles. The highest BCUT2D eigenvalue weighted by Crippen LogP contribution is 2.26. The SMILES string of the molecule is COC(=O)c1snc2c1c(=O)oc1ccccc12. The standard InChI is InChI=1S/C12H7NO4S/c1-16-12(15)10-8-9(13-18-10)6-4-2-3-5-7(6)17-11(8)14/h2-5H,1H3. The molecule has 0 fully saturated rings. The van der Waals surface area contributed by atoms with Gasteiger partial charge in [-0.1, -0.05) is 12.1 Å². The minimum atomic E-state index is -0.579. The van der Waals surface area contributed by atoms with Gasteiger partial charge in [-0.15, -0.1) is 0 Å². The van der Waals surface area contributed by atoms with Crippen LogP contribution in [0.25, 0.3) is 21.9 Å². The van der Waals surface area contributed by atoms with Gasteiger partial charge in [-0.25, -0.2) is 9.59 Å². The Labute approximate surface area is 105 Å². The van der Waals surface area contributed by atoms with E-state index in [1.165, 1.54) is 7.11 Å². The number of hydrogen-bond donors (Lipinski definition) is 0. The van der Waals surface area contributed by atoms with Gasteiger partial charge in [-0.2, -0.15) is 4.37 Å². The molecule has 0 aliphatic rings. The average Bonchev–Trinajstić information content (AvgIpc) is 2.83. The molecule has 3 rings (SSSR count). The fourth-order valence-corrected chi connectivity index (χ4v) is 2.60. The Balaban J connectivity index is 2.50. The van der Waals surface area contributed by atoms with Crippen LogP contribution in [0.5, 0.6) is 0 Å². The molecule has 0 spiro atoms. The highest BCUT2D eigenvalue weighted by molar-refractivity contribution is 7.09. The minimum absolute atomic E-state index is 0.173. The lowest BCUT2D eigenvalue weighted by atomic mass is 10.2. The Bertz CT molecular complexity index is 818. The zero-order valence-electron chi connectivity index (χ0n) is 9.30. The maximum Gasteiger partial charge on any atom is 0.350 e. The van der Waals surface area contributed by atoms with Crippen molar-refractivity contribution in [3.8, 4) is 0 Å². The first kappa shape index (κ1) is 10.9. The number of methoxy groups -OCH3 is 1. The number of nitrogens with zero attached hydrogens (tertiary/aromatic N) is 1. The van der Waals surface area contributed by atoms with E-state index in [9.17, 15) is 9.59 Å². The predicted octanol–water partition coefficient (Wildman–Crippen LogP) is 2.19. The molecule has 0 radical (unpaired) electrons. The number of esters is 1. The highest BCUT2D eigenvalue weighted by atomic mass is 32.1. The fraction of sp³-hybridized carbons (Fsp3) is 0.0833. The van der Waals surface area contributed by atoms with Crippen LogP contribution in [0.1, 0.15) is 9.67 Å². The topological polar surface area (TPSA) is 69.4 Å². The van der Waals surface area contributed by atoms with Crippen molar-refractivity contribution in [3.63, 3.8) is 0 Å². The summed E-state index contributed by atoms with van der Waals surface area (Å²) in [4.78, 5) is 23.6. The summed E-state index contributed by atoms with van der Waals surface area (Å²) in [7, 11) is 1.26. The van der Waals surface area contributed by atoms with Gasteiger partial charge in [0.15, 0.2) is 0 Å². The van der Waals surface area contributed by atoms with Crippen molar-refractivity contribution >= 4 is 39.4 Å². The molecule has 0 atom stereocenters. The maximum absolute atomic E-state index is 11.9. The molecule has 6 heteroatoms. The lowest BCUT2D eigenvalue weighted by Gasteiger charge is -1.97. The number of aromatic nitrogens is 1. The highest BCUT2D eigenvalue weighted by Gasteiger charge is 2.20. The number of rotatable bonds is 1. The van der Waals surface area contributed by atoms with Crippen molar-refractivity contribution in [2.75, 3.05) is 7.11 Å². The normalized spacial score (nSPS) is 10.9. The summed E-state index contributed by atoms with van der Waals surface area (Å²) in [5.74, 6) is -0.579. The van der Waals surface area contributed by atoms with Crippen LogP contribution in [0.4, 0.5) is 0 Å². The third-order valence-electron chi connectivity index (χ3n) is 2.61. The quantitative estimate of drug-likeness (QED) is 0.496. The zero-order chi connectivity index (χ0) is 12.7. The maximum atomic E-state index is 11.9. The average molecular weight is 261 g/mol. The van der Waals surface area contributed by atoms with Crippen molar-refractivity contribution in [3.05, 3.63) is 39.6 Å². The molecule has 18 heavy (non-hydrogen) atoms. The zero-order valence-corrected chi connectivity index (χ0v) is 10.1. The van der Waals surface area contributed by atoms with E-state index >= 15 is 0 Å². The van der Waals surface area contributed by atoms with Gasteiger partial charge in [0.05, 0.1) is 7.11 Å². The first-order chi connectivity index (χ1) is 8.72. The largest absolute Gasteiger partial charge is 0.465 e. The van der Waals surface area contributed by atoms with E-state index in [2.05, 4.69) is 9.11 Å². The van der Waals surface area contributed by atoms with Gasteiger partial charge in [-0.05, 0) is 23.7 Å². The number of para-hydroxylation sites is 1. The fourth-order valence-electron chi connectivity index (χ4n) is 1.80. The van der Waals surface area contributed by atoms with E-state index in [-0.39, 0.29) is 10.3 Å². The molecular weight excluding hydrogens is 254 g/mol. The third kappa shape index (κ3) is 1.42. The Morgan fingerprint density at radius 1 is 1.39 bits per heavy atom. The molecule has 0 amide bonds. The summed E-state index contributed by atoms with van der Waals surface area (Å²) in [5.41, 5.74) is 0.363. The Kier molecular flexibility index (Phi) is 2.38. The summed E-state index contributed by atoms with van der Waals surface area (Å²) >= 11 is 0.940. The number of ether oxygens (including phenoxy) is 1. The molecule has 2 aromatic heterocycles. The van der Waals surface area contributed by atoms with Crippen LogP contribution in [0.3, 0.4) is 0 Å². The first-order valence-electron chi connectivity index (χ1n) is 5.12. The molecule has 0 N–H and O–H groups in total. The van der Waals surface area contributed by atoms with Crippen molar-refractivity contribution in [1.29, 1.82) is 0 Å². The first-order valence-corrected chi connectivity index (χ1v) is 5.89. The summed E-state index contributed by atoms with van der Waals surface area (Å²) in [5, 5.41) is 0.893. The Hall–Kier alpha value is -2.21. The lowest BCUT2D eigenvalue weighted by Crippen LogP contribution is -2.05. The molecule has 0 aliphatic carbocycles. The smallest absolute Gasteiger partial charge is 0.350 e. The molecular formula is C12H7NO4S. The number of carbonyl (C=O) groups excluding carboxylic acids is 1. The van der Waals surface area contributed by atoms with Gasteiger partial charge in [0.2, 0.25) is 0 Å². The molecule has 0 saturated carbocycles. The summed E-state index contributed by atoms with van der Waals surface area (Å²) in [6, 6.07) is 7.07. The molecule has 90 valence electrons. The molecule has 0 aliphatic heterocycles. The van der Waals surface area contributed by atoms with Crippen LogP contribution >= 0.6 is 11.5 Å². The predicted molar refractivity (Wildman–Crippen MR) is 67.0 cm³/mol. The number of benzene rings is 1. The van der Waals surface area contributed by atoms with E-state index < -0.39 is 11.6 Å². The van der Waals surface area contributed by atoms with Crippen LogP contribution < -0.4 is 5.63 Å². The van der Waals surface area contributed by atoms with E-state index in [0.29, 0.717) is 16.5 Å². The van der Waals surface area contributed by atoms with Crippen molar-refractivity contribution < 1.29 is 13.9 Å². The van der Waals surface area contributed by atoms with Gasteiger partial charge in [-0.3, -0.25) is 0 Å². The molecule has 0 saturated heterocycles. The number of carbonyl (C=O) groups is 1.